The van der Waals surface area contributed by atoms with E-state index < -0.39 is 11.9 Å². The number of carbonyl (C=O) groups is 2. The number of urea groups is 1. The highest BCUT2D eigenvalue weighted by Gasteiger charge is 2.40. The number of amides is 3. The van der Waals surface area contributed by atoms with Gasteiger partial charge in [0.2, 0.25) is 0 Å². The Morgan fingerprint density at radius 2 is 1.72 bits per heavy atom. The van der Waals surface area contributed by atoms with Crippen LogP contribution < -0.4 is 4.90 Å². The fourth-order valence-electron chi connectivity index (χ4n) is 2.38. The van der Waals surface area contributed by atoms with E-state index in [1.165, 1.54) is 24.1 Å². The Labute approximate surface area is 153 Å². The highest BCUT2D eigenvalue weighted by molar-refractivity contribution is 6.34. The molecule has 2 aromatic rings. The minimum atomic E-state index is -0.525. The lowest BCUT2D eigenvalue weighted by atomic mass is 10.1. The molecule has 1 aromatic heterocycles. The van der Waals surface area contributed by atoms with E-state index in [1.807, 2.05) is 6.07 Å². The predicted octanol–water partition coefficient (Wildman–Crippen LogP) is 3.70. The second-order valence-corrected chi connectivity index (χ2v) is 5.99. The number of likely N-dealkylation sites (N-methyl/N-ethyl adjacent to an activating group) is 1. The lowest BCUT2D eigenvalue weighted by molar-refractivity contribution is -0.114. The van der Waals surface area contributed by atoms with Gasteiger partial charge in [-0.15, -0.1) is 0 Å². The summed E-state index contributed by atoms with van der Waals surface area (Å²) >= 11 is 11.7. The summed E-state index contributed by atoms with van der Waals surface area (Å²) in [7, 11) is 1.50. The van der Waals surface area contributed by atoms with Gasteiger partial charge in [-0.05, 0) is 35.9 Å². The number of nitrogens with zero attached hydrogens (tertiary/aromatic N) is 4. The maximum atomic E-state index is 12.7. The van der Waals surface area contributed by atoms with Gasteiger partial charge in [0.1, 0.15) is 16.0 Å². The normalized spacial score (nSPS) is 15.8. The molecule has 0 aliphatic carbocycles. The Hall–Kier alpha value is -2.88. The van der Waals surface area contributed by atoms with E-state index in [0.29, 0.717) is 11.1 Å². The number of imide groups is 1. The molecular formula is C17H10Cl2N4O2. The van der Waals surface area contributed by atoms with Crippen LogP contribution in [0.25, 0.3) is 6.08 Å². The zero-order chi connectivity index (χ0) is 18.1. The zero-order valence-corrected chi connectivity index (χ0v) is 14.4. The van der Waals surface area contributed by atoms with Crippen LogP contribution in [0.1, 0.15) is 11.1 Å². The minimum absolute atomic E-state index is 0.0790. The molecule has 25 heavy (non-hydrogen) atoms. The first-order chi connectivity index (χ1) is 11.9. The summed E-state index contributed by atoms with van der Waals surface area (Å²) in [6, 6.07) is 10.9. The molecule has 2 heterocycles. The molecule has 3 rings (SSSR count). The average molecular weight is 373 g/mol. The molecule has 6 nitrogen and oxygen atoms in total. The van der Waals surface area contributed by atoms with Gasteiger partial charge >= 0.3 is 6.03 Å². The maximum Gasteiger partial charge on any atom is 0.336 e. The van der Waals surface area contributed by atoms with Crippen LogP contribution in [0.5, 0.6) is 0 Å². The van der Waals surface area contributed by atoms with Crippen LogP contribution in [0.15, 0.2) is 42.1 Å². The Balaban J connectivity index is 2.00. The van der Waals surface area contributed by atoms with E-state index >= 15 is 0 Å². The van der Waals surface area contributed by atoms with E-state index in [0.717, 1.165) is 4.90 Å². The smallest absolute Gasteiger partial charge is 0.292 e. The molecule has 0 N–H and O–H groups in total. The van der Waals surface area contributed by atoms with Crippen molar-refractivity contribution in [3.63, 3.8) is 0 Å². The van der Waals surface area contributed by atoms with Crippen molar-refractivity contribution in [2.45, 2.75) is 0 Å². The molecule has 0 radical (unpaired) electrons. The van der Waals surface area contributed by atoms with Crippen LogP contribution in [0.4, 0.5) is 10.5 Å². The number of carbonyl (C=O) groups excluding carboxylic acids is 2. The molecule has 0 bridgehead atoms. The van der Waals surface area contributed by atoms with E-state index in [2.05, 4.69) is 4.98 Å². The van der Waals surface area contributed by atoms with E-state index in [9.17, 15) is 9.59 Å². The Kier molecular flexibility index (Phi) is 4.45. The third-order valence-electron chi connectivity index (χ3n) is 3.61. The van der Waals surface area contributed by atoms with Crippen molar-refractivity contribution in [2.24, 2.45) is 0 Å². The number of hydrogen-bond acceptors (Lipinski definition) is 4. The lowest BCUT2D eigenvalue weighted by Gasteiger charge is -2.13. The number of pyridine rings is 1. The summed E-state index contributed by atoms with van der Waals surface area (Å²) in [5.41, 5.74) is 1.63. The minimum Gasteiger partial charge on any atom is -0.292 e. The molecule has 3 amide bonds. The van der Waals surface area contributed by atoms with Gasteiger partial charge in [0.25, 0.3) is 5.91 Å². The van der Waals surface area contributed by atoms with Crippen LogP contribution in [-0.2, 0) is 4.79 Å². The first kappa shape index (κ1) is 17.0. The highest BCUT2D eigenvalue weighted by Crippen LogP contribution is 2.30. The van der Waals surface area contributed by atoms with Crippen molar-refractivity contribution in [1.82, 2.24) is 9.88 Å². The van der Waals surface area contributed by atoms with E-state index in [1.54, 1.807) is 30.3 Å². The molecule has 124 valence electrons. The number of benzene rings is 1. The van der Waals surface area contributed by atoms with Gasteiger partial charge in [-0.2, -0.15) is 5.26 Å². The summed E-state index contributed by atoms with van der Waals surface area (Å²) < 4.78 is 0. The van der Waals surface area contributed by atoms with Gasteiger partial charge in [-0.1, -0.05) is 35.3 Å². The number of anilines is 1. The molecule has 1 aliphatic heterocycles. The van der Waals surface area contributed by atoms with Crippen LogP contribution in [0.3, 0.4) is 0 Å². The molecule has 1 saturated heterocycles. The third kappa shape index (κ3) is 3.20. The second-order valence-electron chi connectivity index (χ2n) is 5.22. The lowest BCUT2D eigenvalue weighted by Crippen LogP contribution is -2.31. The van der Waals surface area contributed by atoms with Gasteiger partial charge in [0.05, 0.1) is 17.3 Å². The summed E-state index contributed by atoms with van der Waals surface area (Å²) in [4.78, 5) is 31.2. The van der Waals surface area contributed by atoms with Crippen LogP contribution in [-0.4, -0.2) is 28.9 Å². The number of hydrogen-bond donors (Lipinski definition) is 0. The Morgan fingerprint density at radius 3 is 2.28 bits per heavy atom. The number of rotatable bonds is 2. The molecule has 0 saturated carbocycles. The second kappa shape index (κ2) is 6.55. The quantitative estimate of drug-likeness (QED) is 0.457. The monoisotopic (exact) mass is 372 g/mol. The van der Waals surface area contributed by atoms with Crippen molar-refractivity contribution in [3.8, 4) is 6.07 Å². The Morgan fingerprint density at radius 1 is 1.12 bits per heavy atom. The van der Waals surface area contributed by atoms with Crippen LogP contribution in [0.2, 0.25) is 10.3 Å². The Bertz CT molecular complexity index is 928. The topological polar surface area (TPSA) is 77.3 Å². The van der Waals surface area contributed by atoms with Crippen LogP contribution in [0, 0.1) is 11.3 Å². The van der Waals surface area contributed by atoms with Crippen molar-refractivity contribution < 1.29 is 9.59 Å². The fourth-order valence-corrected chi connectivity index (χ4v) is 2.83. The van der Waals surface area contributed by atoms with E-state index in [-0.39, 0.29) is 21.7 Å². The third-order valence-corrected chi connectivity index (χ3v) is 4.00. The van der Waals surface area contributed by atoms with Gasteiger partial charge in [-0.3, -0.25) is 9.69 Å². The molecule has 1 fully saturated rings. The first-order valence-corrected chi connectivity index (χ1v) is 7.83. The van der Waals surface area contributed by atoms with Gasteiger partial charge in [0, 0.05) is 7.05 Å². The SMILES string of the molecule is CN1C(=O)N(c2cc(Cl)nc(Cl)c2)C(=O)C1=Cc1ccc(C#N)cc1. The molecule has 0 atom stereocenters. The summed E-state index contributed by atoms with van der Waals surface area (Å²) in [6.45, 7) is 0. The van der Waals surface area contributed by atoms with Crippen LogP contribution >= 0.6 is 23.2 Å². The van der Waals surface area contributed by atoms with Gasteiger partial charge in [0.15, 0.2) is 0 Å². The van der Waals surface area contributed by atoms with Gasteiger partial charge in [-0.25, -0.2) is 14.7 Å². The molecular weight excluding hydrogens is 363 g/mol. The summed E-state index contributed by atoms with van der Waals surface area (Å²) in [6.07, 6.45) is 1.58. The highest BCUT2D eigenvalue weighted by atomic mass is 35.5. The number of nitriles is 1. The molecule has 0 unspecified atom stereocenters. The number of aromatic nitrogens is 1. The molecule has 0 spiro atoms. The largest absolute Gasteiger partial charge is 0.336 e. The standard InChI is InChI=1S/C17H10Cl2N4O2/c1-22-13(6-10-2-4-11(9-20)5-3-10)16(24)23(17(22)25)12-7-14(18)21-15(19)8-12/h2-8H,1H3. The summed E-state index contributed by atoms with van der Waals surface area (Å²) in [5.74, 6) is -0.504. The van der Waals surface area contributed by atoms with Crippen molar-refractivity contribution in [2.75, 3.05) is 11.9 Å². The molecule has 1 aliphatic rings. The fraction of sp³-hybridized carbons (Fsp3) is 0.0588. The first-order valence-electron chi connectivity index (χ1n) is 7.08. The average Bonchev–Trinajstić information content (AvgIpc) is 2.78. The van der Waals surface area contributed by atoms with Gasteiger partial charge < -0.3 is 0 Å². The predicted molar refractivity (Wildman–Crippen MR) is 94.0 cm³/mol. The van der Waals surface area contributed by atoms with E-state index in [4.69, 9.17) is 28.5 Å². The molecule has 8 heteroatoms. The van der Waals surface area contributed by atoms with Crippen molar-refractivity contribution in [1.29, 1.82) is 5.26 Å². The number of halogens is 2. The maximum absolute atomic E-state index is 12.7. The van der Waals surface area contributed by atoms with Crippen molar-refractivity contribution in [3.05, 3.63) is 63.5 Å². The summed E-state index contributed by atoms with van der Waals surface area (Å²) in [5, 5.41) is 8.99. The molecule has 1 aromatic carbocycles. The van der Waals surface area contributed by atoms with Crippen molar-refractivity contribution >= 4 is 46.9 Å². The zero-order valence-electron chi connectivity index (χ0n) is 12.9.